The van der Waals surface area contributed by atoms with Crippen molar-refractivity contribution in [2.24, 2.45) is 0 Å². The molecule has 1 heterocycles. The number of hydrogen-bond donors (Lipinski definition) is 0. The number of hydrogen-bond acceptors (Lipinski definition) is 5. The van der Waals surface area contributed by atoms with Gasteiger partial charge in [0.05, 0.1) is 18.1 Å². The topological polar surface area (TPSA) is 38.8 Å². The summed E-state index contributed by atoms with van der Waals surface area (Å²) in [6.07, 6.45) is 9.74. The maximum atomic E-state index is 13.0. The fourth-order valence-electron chi connectivity index (χ4n) is 3.61. The minimum Gasteiger partial charge on any atom is -0.490 e. The SMILES string of the molecule is CCCCOc1ccc(/C=C2/SC(=S)N(C3CCCCC3)C2=O)cc1OCC. The van der Waals surface area contributed by atoms with Crippen molar-refractivity contribution in [3.05, 3.63) is 28.7 Å². The van der Waals surface area contributed by atoms with E-state index in [4.69, 9.17) is 21.7 Å². The lowest BCUT2D eigenvalue weighted by molar-refractivity contribution is -0.124. The predicted octanol–water partition coefficient (Wildman–Crippen LogP) is 5.80. The molecule has 1 aliphatic heterocycles. The quantitative estimate of drug-likeness (QED) is 0.303. The maximum absolute atomic E-state index is 13.0. The second-order valence-electron chi connectivity index (χ2n) is 7.18. The Kier molecular flexibility index (Phi) is 7.80. The molecule has 0 radical (unpaired) electrons. The van der Waals surface area contributed by atoms with E-state index in [9.17, 15) is 4.79 Å². The molecule has 0 unspecified atom stereocenters. The Balaban J connectivity index is 1.77. The largest absolute Gasteiger partial charge is 0.490 e. The third kappa shape index (κ3) is 5.09. The number of thiocarbonyl (C=S) groups is 1. The molecule has 1 aromatic rings. The predicted molar refractivity (Wildman–Crippen MR) is 120 cm³/mol. The van der Waals surface area contributed by atoms with Crippen LogP contribution < -0.4 is 9.47 Å². The zero-order chi connectivity index (χ0) is 19.9. The summed E-state index contributed by atoms with van der Waals surface area (Å²) in [4.78, 5) is 15.5. The van der Waals surface area contributed by atoms with E-state index in [1.54, 1.807) is 0 Å². The molecule has 0 N–H and O–H groups in total. The van der Waals surface area contributed by atoms with Gasteiger partial charge in [-0.3, -0.25) is 9.69 Å². The molecule has 2 aliphatic rings. The lowest BCUT2D eigenvalue weighted by Crippen LogP contribution is -2.39. The smallest absolute Gasteiger partial charge is 0.266 e. The summed E-state index contributed by atoms with van der Waals surface area (Å²) in [5.41, 5.74) is 0.926. The van der Waals surface area contributed by atoms with Crippen molar-refractivity contribution < 1.29 is 14.3 Å². The van der Waals surface area contributed by atoms with Crippen molar-refractivity contribution in [3.8, 4) is 11.5 Å². The molecule has 1 amide bonds. The van der Waals surface area contributed by atoms with Crippen molar-refractivity contribution in [1.82, 2.24) is 4.90 Å². The molecule has 2 fully saturated rings. The molecule has 0 spiro atoms. The van der Waals surface area contributed by atoms with E-state index in [0.29, 0.717) is 22.4 Å². The van der Waals surface area contributed by atoms with Gasteiger partial charge in [-0.25, -0.2) is 0 Å². The molecular formula is C22H29NO3S2. The van der Waals surface area contributed by atoms with Gasteiger partial charge in [-0.2, -0.15) is 0 Å². The number of amides is 1. The zero-order valence-electron chi connectivity index (χ0n) is 16.7. The normalized spacial score (nSPS) is 19.5. The molecule has 0 bridgehead atoms. The van der Waals surface area contributed by atoms with E-state index < -0.39 is 0 Å². The van der Waals surface area contributed by atoms with Crippen LogP contribution in [0, 0.1) is 0 Å². The Bertz CT molecular complexity index is 741. The molecule has 0 aromatic heterocycles. The highest BCUT2D eigenvalue weighted by Gasteiger charge is 2.37. The van der Waals surface area contributed by atoms with E-state index in [2.05, 4.69) is 6.92 Å². The van der Waals surface area contributed by atoms with Crippen LogP contribution in [0.5, 0.6) is 11.5 Å². The van der Waals surface area contributed by atoms with Crippen LogP contribution in [0.3, 0.4) is 0 Å². The first-order chi connectivity index (χ1) is 13.6. The van der Waals surface area contributed by atoms with Gasteiger partial charge in [-0.1, -0.05) is 62.7 Å². The van der Waals surface area contributed by atoms with Crippen LogP contribution >= 0.6 is 24.0 Å². The van der Waals surface area contributed by atoms with Crippen molar-refractivity contribution in [1.29, 1.82) is 0 Å². The number of thioether (sulfide) groups is 1. The Morgan fingerprint density at radius 1 is 1.18 bits per heavy atom. The van der Waals surface area contributed by atoms with Crippen molar-refractivity contribution in [3.63, 3.8) is 0 Å². The van der Waals surface area contributed by atoms with Gasteiger partial charge in [0.2, 0.25) is 0 Å². The molecular weight excluding hydrogens is 390 g/mol. The highest BCUT2D eigenvalue weighted by atomic mass is 32.2. The highest BCUT2D eigenvalue weighted by molar-refractivity contribution is 8.26. The van der Waals surface area contributed by atoms with Crippen LogP contribution in [0.25, 0.3) is 6.08 Å². The van der Waals surface area contributed by atoms with Gasteiger partial charge in [0.15, 0.2) is 11.5 Å². The summed E-state index contributed by atoms with van der Waals surface area (Å²) in [7, 11) is 0. The number of carbonyl (C=O) groups is 1. The lowest BCUT2D eigenvalue weighted by atomic mass is 9.94. The van der Waals surface area contributed by atoms with Gasteiger partial charge in [-0.15, -0.1) is 0 Å². The van der Waals surface area contributed by atoms with Crippen LogP contribution in [0.2, 0.25) is 0 Å². The molecule has 1 saturated carbocycles. The van der Waals surface area contributed by atoms with Crippen LogP contribution in [0.1, 0.15) is 64.4 Å². The number of rotatable bonds is 8. The van der Waals surface area contributed by atoms with Gasteiger partial charge in [0.25, 0.3) is 5.91 Å². The van der Waals surface area contributed by atoms with Gasteiger partial charge in [0.1, 0.15) is 4.32 Å². The molecule has 4 nitrogen and oxygen atoms in total. The maximum Gasteiger partial charge on any atom is 0.266 e. The number of nitrogens with zero attached hydrogens (tertiary/aromatic N) is 1. The lowest BCUT2D eigenvalue weighted by Gasteiger charge is -2.29. The molecule has 1 aliphatic carbocycles. The molecule has 0 atom stereocenters. The molecule has 6 heteroatoms. The van der Waals surface area contributed by atoms with Crippen LogP contribution in [-0.4, -0.2) is 34.4 Å². The van der Waals surface area contributed by atoms with Gasteiger partial charge in [0, 0.05) is 6.04 Å². The standard InChI is InChI=1S/C22H29NO3S2/c1-3-5-13-26-18-12-11-16(14-19(18)25-4-2)15-20-21(24)23(22(27)28-20)17-9-7-6-8-10-17/h11-12,14-15,17H,3-10,13H2,1-2H3/b20-15+. The van der Waals surface area contributed by atoms with E-state index in [1.165, 1.54) is 31.0 Å². The molecule has 1 aromatic carbocycles. The Morgan fingerprint density at radius 3 is 2.68 bits per heavy atom. The first-order valence-electron chi connectivity index (χ1n) is 10.3. The van der Waals surface area contributed by atoms with E-state index in [1.807, 2.05) is 36.1 Å². The van der Waals surface area contributed by atoms with Gasteiger partial charge < -0.3 is 9.47 Å². The van der Waals surface area contributed by atoms with Crippen LogP contribution in [0.15, 0.2) is 23.1 Å². The second-order valence-corrected chi connectivity index (χ2v) is 8.86. The van der Waals surface area contributed by atoms with Crippen LogP contribution in [-0.2, 0) is 4.79 Å². The second kappa shape index (κ2) is 10.3. The Labute approximate surface area is 177 Å². The Morgan fingerprint density at radius 2 is 1.96 bits per heavy atom. The van der Waals surface area contributed by atoms with Gasteiger partial charge >= 0.3 is 0 Å². The van der Waals surface area contributed by atoms with E-state index >= 15 is 0 Å². The first-order valence-corrected chi connectivity index (χ1v) is 11.5. The first kappa shape index (κ1) is 21.2. The fraction of sp³-hybridized carbons (Fsp3) is 0.545. The van der Waals surface area contributed by atoms with E-state index in [-0.39, 0.29) is 11.9 Å². The summed E-state index contributed by atoms with van der Waals surface area (Å²) in [5, 5.41) is 0. The third-order valence-electron chi connectivity index (χ3n) is 5.08. The summed E-state index contributed by atoms with van der Waals surface area (Å²) < 4.78 is 12.3. The minimum atomic E-state index is 0.0446. The average molecular weight is 420 g/mol. The highest BCUT2D eigenvalue weighted by Crippen LogP contribution is 2.38. The summed E-state index contributed by atoms with van der Waals surface area (Å²) in [6, 6.07) is 6.10. The zero-order valence-corrected chi connectivity index (χ0v) is 18.4. The van der Waals surface area contributed by atoms with Crippen molar-refractivity contribution >= 4 is 40.3 Å². The number of carbonyl (C=O) groups excluding carboxylic acids is 1. The summed E-state index contributed by atoms with van der Waals surface area (Å²) in [6.45, 7) is 5.34. The van der Waals surface area contributed by atoms with Gasteiger partial charge in [-0.05, 0) is 50.0 Å². The number of unbranched alkanes of at least 4 members (excludes halogenated alkanes) is 1. The summed E-state index contributed by atoms with van der Waals surface area (Å²) >= 11 is 6.93. The minimum absolute atomic E-state index is 0.0446. The number of ether oxygens (including phenoxy) is 2. The van der Waals surface area contributed by atoms with Crippen molar-refractivity contribution in [2.45, 2.75) is 64.8 Å². The Hall–Kier alpha value is -1.53. The molecule has 152 valence electrons. The monoisotopic (exact) mass is 419 g/mol. The van der Waals surface area contributed by atoms with Crippen LogP contribution in [0.4, 0.5) is 0 Å². The third-order valence-corrected chi connectivity index (χ3v) is 6.41. The molecule has 3 rings (SSSR count). The van der Waals surface area contributed by atoms with Crippen molar-refractivity contribution in [2.75, 3.05) is 13.2 Å². The fourth-order valence-corrected chi connectivity index (χ4v) is 5.01. The number of benzene rings is 1. The molecule has 28 heavy (non-hydrogen) atoms. The van der Waals surface area contributed by atoms with E-state index in [0.717, 1.165) is 42.7 Å². The average Bonchev–Trinajstić information content (AvgIpc) is 2.97. The molecule has 1 saturated heterocycles. The summed E-state index contributed by atoms with van der Waals surface area (Å²) in [5.74, 6) is 1.51.